The van der Waals surface area contributed by atoms with Crippen molar-refractivity contribution in [3.8, 4) is 0 Å². The Balaban J connectivity index is 2.25. The summed E-state index contributed by atoms with van der Waals surface area (Å²) in [6.45, 7) is 10.6. The first-order valence-electron chi connectivity index (χ1n) is 9.56. The van der Waals surface area contributed by atoms with E-state index in [9.17, 15) is 9.59 Å². The number of esters is 1. The lowest BCUT2D eigenvalue weighted by molar-refractivity contribution is -0.147. The van der Waals surface area contributed by atoms with Gasteiger partial charge in [-0.25, -0.2) is 4.79 Å². The van der Waals surface area contributed by atoms with E-state index in [0.717, 1.165) is 11.1 Å². The second kappa shape index (κ2) is 8.30. The molecule has 1 atom stereocenters. The Bertz CT molecular complexity index is 656. The fraction of sp³-hybridized carbons (Fsp3) is 0.619. The van der Waals surface area contributed by atoms with Gasteiger partial charge >= 0.3 is 12.1 Å². The number of piperidine rings is 1. The van der Waals surface area contributed by atoms with Crippen LogP contribution in [0.1, 0.15) is 51.7 Å². The van der Waals surface area contributed by atoms with Crippen molar-refractivity contribution in [1.29, 1.82) is 0 Å². The van der Waals surface area contributed by atoms with Gasteiger partial charge in [0, 0.05) is 18.5 Å². The predicted molar refractivity (Wildman–Crippen MR) is 105 cm³/mol. The molecule has 6 heteroatoms. The first-order valence-corrected chi connectivity index (χ1v) is 9.56. The highest BCUT2D eigenvalue weighted by Crippen LogP contribution is 2.39. The highest BCUT2D eigenvalue weighted by Gasteiger charge is 2.46. The number of nitrogens with zero attached hydrogens (tertiary/aromatic N) is 1. The van der Waals surface area contributed by atoms with Gasteiger partial charge in [0.15, 0.2) is 0 Å². The summed E-state index contributed by atoms with van der Waals surface area (Å²) in [5.74, 6) is -0.399. The zero-order valence-electron chi connectivity index (χ0n) is 17.1. The lowest BCUT2D eigenvalue weighted by Crippen LogP contribution is -2.57. The fourth-order valence-corrected chi connectivity index (χ4v) is 3.54. The van der Waals surface area contributed by atoms with E-state index in [1.165, 1.54) is 0 Å². The maximum Gasteiger partial charge on any atom is 0.410 e. The standard InChI is InChI=1S/C21H32N2O4/c1-6-26-18(24)17(22)21(16-9-7-15(2)8-10-16)11-13-23(14-12-21)19(25)27-20(3,4)5/h7-10,17H,6,11-14,22H2,1-5H3. The molecule has 0 aliphatic carbocycles. The zero-order valence-corrected chi connectivity index (χ0v) is 17.1. The number of likely N-dealkylation sites (tertiary alicyclic amines) is 1. The number of rotatable bonds is 4. The Kier molecular flexibility index (Phi) is 6.52. The van der Waals surface area contributed by atoms with E-state index in [-0.39, 0.29) is 6.09 Å². The van der Waals surface area contributed by atoms with Crippen LogP contribution in [-0.2, 0) is 19.7 Å². The molecule has 1 unspecified atom stereocenters. The topological polar surface area (TPSA) is 81.9 Å². The maximum absolute atomic E-state index is 12.4. The molecule has 0 radical (unpaired) electrons. The molecule has 2 N–H and O–H groups in total. The van der Waals surface area contributed by atoms with E-state index in [2.05, 4.69) is 0 Å². The minimum Gasteiger partial charge on any atom is -0.465 e. The molecule has 0 spiro atoms. The third kappa shape index (κ3) is 5.01. The van der Waals surface area contributed by atoms with Crippen LogP contribution >= 0.6 is 0 Å². The van der Waals surface area contributed by atoms with E-state index in [0.29, 0.717) is 32.5 Å². The molecule has 1 aromatic rings. The molecule has 0 aromatic heterocycles. The molecule has 2 rings (SSSR count). The Morgan fingerprint density at radius 1 is 1.19 bits per heavy atom. The van der Waals surface area contributed by atoms with Crippen LogP contribution in [0.2, 0.25) is 0 Å². The van der Waals surface area contributed by atoms with Crippen molar-refractivity contribution in [2.24, 2.45) is 5.73 Å². The summed E-state index contributed by atoms with van der Waals surface area (Å²) < 4.78 is 10.7. The lowest BCUT2D eigenvalue weighted by Gasteiger charge is -2.44. The Hall–Kier alpha value is -2.08. The van der Waals surface area contributed by atoms with Gasteiger partial charge in [0.25, 0.3) is 0 Å². The van der Waals surface area contributed by atoms with Crippen molar-refractivity contribution < 1.29 is 19.1 Å². The minimum absolute atomic E-state index is 0.292. The van der Waals surface area contributed by atoms with E-state index >= 15 is 0 Å². The highest BCUT2D eigenvalue weighted by molar-refractivity contribution is 5.78. The maximum atomic E-state index is 12.4. The van der Waals surface area contributed by atoms with Crippen LogP contribution < -0.4 is 5.73 Å². The van der Waals surface area contributed by atoms with Crippen LogP contribution in [0.5, 0.6) is 0 Å². The molecule has 27 heavy (non-hydrogen) atoms. The van der Waals surface area contributed by atoms with Crippen molar-refractivity contribution in [1.82, 2.24) is 4.90 Å². The van der Waals surface area contributed by atoms with Crippen LogP contribution in [-0.4, -0.2) is 48.3 Å². The summed E-state index contributed by atoms with van der Waals surface area (Å²) in [6.07, 6.45) is 0.828. The molecule has 1 saturated heterocycles. The smallest absolute Gasteiger partial charge is 0.410 e. The molecule has 150 valence electrons. The van der Waals surface area contributed by atoms with Crippen LogP contribution in [0.15, 0.2) is 24.3 Å². The van der Waals surface area contributed by atoms with E-state index < -0.39 is 23.0 Å². The number of carbonyl (C=O) groups excluding carboxylic acids is 2. The van der Waals surface area contributed by atoms with Gasteiger partial charge in [0.2, 0.25) is 0 Å². The minimum atomic E-state index is -0.777. The number of hydrogen-bond acceptors (Lipinski definition) is 5. The normalized spacial score (nSPS) is 17.9. The highest BCUT2D eigenvalue weighted by atomic mass is 16.6. The number of hydrogen-bond donors (Lipinski definition) is 1. The van der Waals surface area contributed by atoms with Gasteiger partial charge < -0.3 is 20.1 Å². The predicted octanol–water partition coefficient (Wildman–Crippen LogP) is 3.15. The molecule has 0 bridgehead atoms. The molecule has 1 aliphatic heterocycles. The van der Waals surface area contributed by atoms with Gasteiger partial charge in [-0.15, -0.1) is 0 Å². The largest absolute Gasteiger partial charge is 0.465 e. The van der Waals surface area contributed by atoms with E-state index in [4.69, 9.17) is 15.2 Å². The zero-order chi connectivity index (χ0) is 20.2. The van der Waals surface area contributed by atoms with Crippen molar-refractivity contribution in [3.05, 3.63) is 35.4 Å². The monoisotopic (exact) mass is 376 g/mol. The second-order valence-electron chi connectivity index (χ2n) is 8.22. The molecular formula is C21H32N2O4. The van der Waals surface area contributed by atoms with Crippen molar-refractivity contribution >= 4 is 12.1 Å². The van der Waals surface area contributed by atoms with Crippen LogP contribution in [0.4, 0.5) is 4.79 Å². The number of nitrogens with two attached hydrogens (primary N) is 1. The molecule has 6 nitrogen and oxygen atoms in total. The third-order valence-corrected chi connectivity index (χ3v) is 5.07. The quantitative estimate of drug-likeness (QED) is 0.816. The molecule has 1 amide bonds. The molecule has 0 saturated carbocycles. The summed E-state index contributed by atoms with van der Waals surface area (Å²) in [5, 5.41) is 0. The lowest BCUT2D eigenvalue weighted by atomic mass is 9.67. The van der Waals surface area contributed by atoms with Crippen molar-refractivity contribution in [2.75, 3.05) is 19.7 Å². The van der Waals surface area contributed by atoms with E-state index in [1.807, 2.05) is 52.0 Å². The molecule has 1 aromatic carbocycles. The Morgan fingerprint density at radius 3 is 2.22 bits per heavy atom. The average Bonchev–Trinajstić information content (AvgIpc) is 2.60. The van der Waals surface area contributed by atoms with Gasteiger partial charge in [-0.1, -0.05) is 29.8 Å². The van der Waals surface area contributed by atoms with E-state index in [1.54, 1.807) is 11.8 Å². The van der Waals surface area contributed by atoms with Crippen LogP contribution in [0, 0.1) is 6.92 Å². The molecule has 1 aliphatic rings. The number of ether oxygens (including phenoxy) is 2. The summed E-state index contributed by atoms with van der Waals surface area (Å²) in [5.41, 5.74) is 7.46. The number of aryl methyl sites for hydroxylation is 1. The Labute approximate surface area is 162 Å². The molecule has 1 heterocycles. The van der Waals surface area contributed by atoms with Crippen molar-refractivity contribution in [3.63, 3.8) is 0 Å². The molecule has 1 fully saturated rings. The fourth-order valence-electron chi connectivity index (χ4n) is 3.54. The number of carbonyl (C=O) groups is 2. The number of amides is 1. The van der Waals surface area contributed by atoms with Crippen LogP contribution in [0.3, 0.4) is 0 Å². The van der Waals surface area contributed by atoms with Gasteiger partial charge in [0.05, 0.1) is 6.61 Å². The SMILES string of the molecule is CCOC(=O)C(N)C1(c2ccc(C)cc2)CCN(C(=O)OC(C)(C)C)CC1. The Morgan fingerprint density at radius 2 is 1.74 bits per heavy atom. The summed E-state index contributed by atoms with van der Waals surface area (Å²) in [6, 6.07) is 7.32. The number of benzene rings is 1. The second-order valence-corrected chi connectivity index (χ2v) is 8.22. The average molecular weight is 376 g/mol. The van der Waals surface area contributed by atoms with Crippen LogP contribution in [0.25, 0.3) is 0 Å². The third-order valence-electron chi connectivity index (χ3n) is 5.07. The van der Waals surface area contributed by atoms with Gasteiger partial charge in [-0.2, -0.15) is 0 Å². The van der Waals surface area contributed by atoms with Gasteiger partial charge in [0.1, 0.15) is 11.6 Å². The van der Waals surface area contributed by atoms with Gasteiger partial charge in [-0.3, -0.25) is 4.79 Å². The summed E-state index contributed by atoms with van der Waals surface area (Å²) in [4.78, 5) is 26.5. The first-order chi connectivity index (χ1) is 12.6. The van der Waals surface area contributed by atoms with Crippen molar-refractivity contribution in [2.45, 2.75) is 64.5 Å². The first kappa shape index (κ1) is 21.2. The summed E-state index contributed by atoms with van der Waals surface area (Å²) >= 11 is 0. The summed E-state index contributed by atoms with van der Waals surface area (Å²) in [7, 11) is 0. The van der Waals surface area contributed by atoms with Gasteiger partial charge in [-0.05, 0) is 53.0 Å². The molecular weight excluding hydrogens is 344 g/mol.